The van der Waals surface area contributed by atoms with Crippen LogP contribution < -0.4 is 19.7 Å². The Morgan fingerprint density at radius 2 is 2.00 bits per heavy atom. The number of nitrogens with one attached hydrogen (secondary N) is 1. The predicted octanol–water partition coefficient (Wildman–Crippen LogP) is 2.96. The SMILES string of the molecule is COc1ccc(CN(C)C(=O)c2ccc3c(c2)NC(=O)CN3C)cc1OC(F)F. The molecule has 0 aliphatic carbocycles. The largest absolute Gasteiger partial charge is 0.493 e. The quantitative estimate of drug-likeness (QED) is 0.800. The first-order chi connectivity index (χ1) is 13.8. The summed E-state index contributed by atoms with van der Waals surface area (Å²) in [7, 11) is 4.76. The molecule has 0 unspecified atom stereocenters. The van der Waals surface area contributed by atoms with Crippen molar-refractivity contribution >= 4 is 23.2 Å². The van der Waals surface area contributed by atoms with Crippen LogP contribution in [0.25, 0.3) is 0 Å². The van der Waals surface area contributed by atoms with Gasteiger partial charge in [-0.15, -0.1) is 0 Å². The molecule has 3 rings (SSSR count). The highest BCUT2D eigenvalue weighted by atomic mass is 19.3. The number of hydrogen-bond donors (Lipinski definition) is 1. The lowest BCUT2D eigenvalue weighted by Crippen LogP contribution is -2.35. The lowest BCUT2D eigenvalue weighted by Gasteiger charge is -2.28. The highest BCUT2D eigenvalue weighted by molar-refractivity contribution is 6.03. The second-order valence-corrected chi connectivity index (χ2v) is 6.66. The average molecular weight is 405 g/mol. The molecule has 1 aliphatic rings. The molecule has 1 N–H and O–H groups in total. The van der Waals surface area contributed by atoms with Crippen LogP contribution >= 0.6 is 0 Å². The maximum Gasteiger partial charge on any atom is 0.387 e. The summed E-state index contributed by atoms with van der Waals surface area (Å²) in [6.07, 6.45) is 0. The Morgan fingerprint density at radius 1 is 1.24 bits per heavy atom. The number of likely N-dealkylation sites (N-methyl/N-ethyl adjacent to an activating group) is 1. The molecule has 9 heteroatoms. The number of methoxy groups -OCH3 is 1. The van der Waals surface area contributed by atoms with Gasteiger partial charge in [0.05, 0.1) is 25.0 Å². The summed E-state index contributed by atoms with van der Waals surface area (Å²) in [5.41, 5.74) is 2.40. The standard InChI is InChI=1S/C20H21F2N3O4/c1-24-11-18(26)23-14-9-13(5-6-15(14)24)19(27)25(2)10-12-4-7-16(28-3)17(8-12)29-20(21)22/h4-9,20H,10-11H2,1-3H3,(H,23,26). The molecular formula is C20H21F2N3O4. The van der Waals surface area contributed by atoms with Gasteiger partial charge in [0.1, 0.15) is 0 Å². The number of rotatable bonds is 6. The van der Waals surface area contributed by atoms with E-state index in [9.17, 15) is 18.4 Å². The number of halogens is 2. The van der Waals surface area contributed by atoms with Crippen molar-refractivity contribution in [3.63, 3.8) is 0 Å². The van der Waals surface area contributed by atoms with Gasteiger partial charge in [-0.2, -0.15) is 8.78 Å². The van der Waals surface area contributed by atoms with E-state index in [0.29, 0.717) is 16.8 Å². The fourth-order valence-electron chi connectivity index (χ4n) is 3.17. The Balaban J connectivity index is 1.77. The summed E-state index contributed by atoms with van der Waals surface area (Å²) in [5, 5.41) is 2.76. The van der Waals surface area contributed by atoms with E-state index in [0.717, 1.165) is 5.69 Å². The molecule has 0 spiro atoms. The number of amides is 2. The molecule has 2 amide bonds. The summed E-state index contributed by atoms with van der Waals surface area (Å²) < 4.78 is 34.7. The second kappa shape index (κ2) is 8.34. The van der Waals surface area contributed by atoms with Gasteiger partial charge in [0.2, 0.25) is 5.91 Å². The fraction of sp³-hybridized carbons (Fsp3) is 0.300. The van der Waals surface area contributed by atoms with E-state index >= 15 is 0 Å². The van der Waals surface area contributed by atoms with Gasteiger partial charge in [-0.25, -0.2) is 0 Å². The Hall–Kier alpha value is -3.36. The Kier molecular flexibility index (Phi) is 5.86. The zero-order valence-corrected chi connectivity index (χ0v) is 16.2. The molecule has 1 heterocycles. The molecule has 154 valence electrons. The number of hydrogen-bond acceptors (Lipinski definition) is 5. The number of alkyl halides is 2. The van der Waals surface area contributed by atoms with E-state index < -0.39 is 6.61 Å². The molecule has 0 aromatic heterocycles. The number of nitrogens with zero attached hydrogens (tertiary/aromatic N) is 2. The van der Waals surface area contributed by atoms with E-state index in [2.05, 4.69) is 10.1 Å². The summed E-state index contributed by atoms with van der Waals surface area (Å²) in [4.78, 5) is 27.8. The Bertz CT molecular complexity index is 936. The Labute approximate surface area is 166 Å². The minimum absolute atomic E-state index is 0.0969. The average Bonchev–Trinajstić information content (AvgIpc) is 2.66. The molecule has 0 saturated heterocycles. The maximum atomic E-state index is 12.8. The van der Waals surface area contributed by atoms with Gasteiger partial charge < -0.3 is 24.6 Å². The number of fused-ring (bicyclic) bond motifs is 1. The van der Waals surface area contributed by atoms with E-state index in [1.165, 1.54) is 24.1 Å². The van der Waals surface area contributed by atoms with Crippen molar-refractivity contribution in [1.82, 2.24) is 4.90 Å². The highest BCUT2D eigenvalue weighted by Gasteiger charge is 2.22. The van der Waals surface area contributed by atoms with E-state index in [-0.39, 0.29) is 36.4 Å². The topological polar surface area (TPSA) is 71.1 Å². The van der Waals surface area contributed by atoms with E-state index in [4.69, 9.17) is 4.74 Å². The number of carbonyl (C=O) groups is 2. The minimum atomic E-state index is -2.98. The zero-order valence-electron chi connectivity index (χ0n) is 16.2. The molecule has 0 bridgehead atoms. The smallest absolute Gasteiger partial charge is 0.387 e. The third kappa shape index (κ3) is 4.56. The van der Waals surface area contributed by atoms with Crippen molar-refractivity contribution in [1.29, 1.82) is 0 Å². The van der Waals surface area contributed by atoms with Crippen LogP contribution in [0.1, 0.15) is 15.9 Å². The molecule has 1 aliphatic heterocycles. The second-order valence-electron chi connectivity index (χ2n) is 6.66. The van der Waals surface area contributed by atoms with Crippen molar-refractivity contribution in [2.45, 2.75) is 13.2 Å². The van der Waals surface area contributed by atoms with Gasteiger partial charge in [0.25, 0.3) is 5.91 Å². The van der Waals surface area contributed by atoms with Gasteiger partial charge in [0, 0.05) is 26.2 Å². The van der Waals surface area contributed by atoms with Crippen LogP contribution in [0.4, 0.5) is 20.2 Å². The first kappa shape index (κ1) is 20.4. The van der Waals surface area contributed by atoms with Crippen molar-refractivity contribution in [3.8, 4) is 11.5 Å². The van der Waals surface area contributed by atoms with Gasteiger partial charge in [0.15, 0.2) is 11.5 Å². The zero-order chi connectivity index (χ0) is 21.1. The van der Waals surface area contributed by atoms with Gasteiger partial charge in [-0.1, -0.05) is 6.07 Å². The first-order valence-electron chi connectivity index (χ1n) is 8.80. The summed E-state index contributed by atoms with van der Waals surface area (Å²) >= 11 is 0. The maximum absolute atomic E-state index is 12.8. The normalized spacial score (nSPS) is 13.0. The van der Waals surface area contributed by atoms with Gasteiger partial charge in [-0.3, -0.25) is 9.59 Å². The van der Waals surface area contributed by atoms with Crippen molar-refractivity contribution < 1.29 is 27.8 Å². The molecule has 29 heavy (non-hydrogen) atoms. The number of carbonyl (C=O) groups excluding carboxylic acids is 2. The minimum Gasteiger partial charge on any atom is -0.493 e. The van der Waals surface area contributed by atoms with Gasteiger partial charge in [-0.05, 0) is 35.9 Å². The van der Waals surface area contributed by atoms with E-state index in [1.54, 1.807) is 43.3 Å². The summed E-state index contributed by atoms with van der Waals surface area (Å²) in [5.74, 6) is -0.344. The van der Waals surface area contributed by atoms with Crippen LogP contribution in [0.2, 0.25) is 0 Å². The molecule has 7 nitrogen and oxygen atoms in total. The van der Waals surface area contributed by atoms with E-state index in [1.807, 2.05) is 0 Å². The molecule has 2 aromatic rings. The third-order valence-electron chi connectivity index (χ3n) is 4.52. The first-order valence-corrected chi connectivity index (χ1v) is 8.80. The molecule has 0 atom stereocenters. The van der Waals surface area contributed by atoms with Crippen LogP contribution in [-0.4, -0.2) is 51.1 Å². The van der Waals surface area contributed by atoms with Crippen molar-refractivity contribution in [2.24, 2.45) is 0 Å². The van der Waals surface area contributed by atoms with Crippen LogP contribution in [0.15, 0.2) is 36.4 Å². The lowest BCUT2D eigenvalue weighted by molar-refractivity contribution is -0.115. The van der Waals surface area contributed by atoms with Crippen LogP contribution in [0, 0.1) is 0 Å². The molecule has 0 fully saturated rings. The molecular weight excluding hydrogens is 384 g/mol. The Morgan fingerprint density at radius 3 is 2.69 bits per heavy atom. The number of benzene rings is 2. The molecule has 0 saturated carbocycles. The lowest BCUT2D eigenvalue weighted by atomic mass is 10.1. The monoisotopic (exact) mass is 405 g/mol. The highest BCUT2D eigenvalue weighted by Crippen LogP contribution is 2.31. The summed E-state index contributed by atoms with van der Waals surface area (Å²) in [6.45, 7) is -2.56. The van der Waals surface area contributed by atoms with Crippen LogP contribution in [-0.2, 0) is 11.3 Å². The van der Waals surface area contributed by atoms with Crippen LogP contribution in [0.5, 0.6) is 11.5 Å². The van der Waals surface area contributed by atoms with Crippen LogP contribution in [0.3, 0.4) is 0 Å². The molecule has 2 aromatic carbocycles. The number of anilines is 2. The fourth-order valence-corrected chi connectivity index (χ4v) is 3.17. The van der Waals surface area contributed by atoms with Crippen molar-refractivity contribution in [3.05, 3.63) is 47.5 Å². The summed E-state index contributed by atoms with van der Waals surface area (Å²) in [6, 6.07) is 9.68. The predicted molar refractivity (Wildman–Crippen MR) is 104 cm³/mol. The van der Waals surface area contributed by atoms with Crippen molar-refractivity contribution in [2.75, 3.05) is 38.0 Å². The third-order valence-corrected chi connectivity index (χ3v) is 4.52. The number of ether oxygens (including phenoxy) is 2. The molecule has 0 radical (unpaired) electrons. The van der Waals surface area contributed by atoms with Gasteiger partial charge >= 0.3 is 6.61 Å².